The summed E-state index contributed by atoms with van der Waals surface area (Å²) in [6.45, 7) is 5.73. The lowest BCUT2D eigenvalue weighted by Gasteiger charge is -2.70. The molecule has 0 aliphatic heterocycles. The van der Waals surface area contributed by atoms with Crippen LogP contribution in [0.5, 0.6) is 0 Å². The van der Waals surface area contributed by atoms with E-state index in [1.807, 2.05) is 0 Å². The Bertz CT molecular complexity index is 451. The molecule has 2 saturated carbocycles. The summed E-state index contributed by atoms with van der Waals surface area (Å²) in [7, 11) is 0. The van der Waals surface area contributed by atoms with Gasteiger partial charge in [-0.05, 0) is 18.3 Å². The van der Waals surface area contributed by atoms with Gasteiger partial charge in [-0.15, -0.1) is 0 Å². The summed E-state index contributed by atoms with van der Waals surface area (Å²) in [6.07, 6.45) is 4.70. The minimum atomic E-state index is -1.67. The normalized spacial score (nSPS) is 23.3. The van der Waals surface area contributed by atoms with Crippen LogP contribution in [0.2, 0.25) is 0 Å². The molecule has 2 rings (SSSR count). The highest BCUT2D eigenvalue weighted by Gasteiger charge is 2.79. The lowest BCUT2D eigenvalue weighted by molar-refractivity contribution is -0.401. The van der Waals surface area contributed by atoms with E-state index < -0.39 is 36.4 Å². The second-order valence-electron chi connectivity index (χ2n) is 5.71. The topological polar surface area (TPSA) is 93.1 Å². The summed E-state index contributed by atoms with van der Waals surface area (Å²) in [4.78, 5) is 23.2. The van der Waals surface area contributed by atoms with Crippen LogP contribution >= 0.6 is 0 Å². The van der Waals surface area contributed by atoms with Crippen LogP contribution in [-0.2, 0) is 19.1 Å². The molecule has 6 heteroatoms. The Labute approximate surface area is 123 Å². The van der Waals surface area contributed by atoms with E-state index in [9.17, 15) is 19.8 Å². The first-order valence-corrected chi connectivity index (χ1v) is 6.87. The number of esters is 2. The van der Waals surface area contributed by atoms with Crippen LogP contribution in [0.25, 0.3) is 0 Å². The van der Waals surface area contributed by atoms with E-state index in [2.05, 4.69) is 13.2 Å². The molecule has 116 valence electrons. The molecular weight excluding hydrogens is 276 g/mol. The third-order valence-electron chi connectivity index (χ3n) is 5.03. The van der Waals surface area contributed by atoms with Gasteiger partial charge in [-0.25, -0.2) is 9.59 Å². The van der Waals surface area contributed by atoms with Crippen molar-refractivity contribution in [1.82, 2.24) is 0 Å². The zero-order valence-electron chi connectivity index (χ0n) is 11.8. The van der Waals surface area contributed by atoms with E-state index in [4.69, 9.17) is 9.47 Å². The summed E-state index contributed by atoms with van der Waals surface area (Å²) >= 11 is 0. The Balaban J connectivity index is 2.39. The van der Waals surface area contributed by atoms with Crippen LogP contribution < -0.4 is 0 Å². The molecule has 2 fully saturated rings. The van der Waals surface area contributed by atoms with Crippen LogP contribution in [0.1, 0.15) is 25.7 Å². The van der Waals surface area contributed by atoms with Crippen molar-refractivity contribution in [2.24, 2.45) is 10.8 Å². The van der Waals surface area contributed by atoms with Crippen molar-refractivity contribution in [3.05, 3.63) is 25.3 Å². The van der Waals surface area contributed by atoms with Gasteiger partial charge in [0.1, 0.15) is 0 Å². The first kappa shape index (κ1) is 15.7. The maximum Gasteiger partial charge on any atom is 0.333 e. The molecule has 0 bridgehead atoms. The van der Waals surface area contributed by atoms with E-state index in [0.717, 1.165) is 31.4 Å². The molecule has 0 heterocycles. The summed E-state index contributed by atoms with van der Waals surface area (Å²) in [5.41, 5.74) is -1.56. The van der Waals surface area contributed by atoms with Crippen molar-refractivity contribution in [2.45, 2.75) is 31.5 Å². The standard InChI is InChI=1S/C15H20O6/c1-3-11(18)20-15(21-12(19)4-2)8-13(6-5-7-13)14(15,9-16)10-17/h3-4,16-17H,1-2,5-10H2. The Morgan fingerprint density at radius 3 is 1.81 bits per heavy atom. The average Bonchev–Trinajstić information content (AvgIpc) is 2.43. The van der Waals surface area contributed by atoms with E-state index in [-0.39, 0.29) is 11.8 Å². The third kappa shape index (κ3) is 1.93. The molecule has 2 N–H and O–H groups in total. The van der Waals surface area contributed by atoms with E-state index >= 15 is 0 Å². The van der Waals surface area contributed by atoms with Crippen molar-refractivity contribution in [1.29, 1.82) is 0 Å². The summed E-state index contributed by atoms with van der Waals surface area (Å²) in [5, 5.41) is 19.7. The summed E-state index contributed by atoms with van der Waals surface area (Å²) in [6, 6.07) is 0. The smallest absolute Gasteiger partial charge is 0.333 e. The molecule has 0 atom stereocenters. The molecule has 0 aromatic heterocycles. The van der Waals surface area contributed by atoms with Gasteiger partial charge in [0.2, 0.25) is 0 Å². The zero-order valence-corrected chi connectivity index (χ0v) is 11.8. The minimum Gasteiger partial charge on any atom is -0.418 e. The van der Waals surface area contributed by atoms with Crippen LogP contribution in [0.3, 0.4) is 0 Å². The maximum atomic E-state index is 11.6. The lowest BCUT2D eigenvalue weighted by Crippen LogP contribution is -2.77. The Morgan fingerprint density at radius 2 is 1.52 bits per heavy atom. The largest absolute Gasteiger partial charge is 0.418 e. The molecule has 0 aromatic carbocycles. The van der Waals surface area contributed by atoms with Crippen molar-refractivity contribution in [3.63, 3.8) is 0 Å². The Kier molecular flexibility index (Phi) is 3.95. The van der Waals surface area contributed by atoms with Gasteiger partial charge < -0.3 is 19.7 Å². The molecule has 0 unspecified atom stereocenters. The van der Waals surface area contributed by atoms with Crippen LogP contribution in [-0.4, -0.2) is 41.2 Å². The van der Waals surface area contributed by atoms with Crippen molar-refractivity contribution in [3.8, 4) is 0 Å². The maximum absolute atomic E-state index is 11.6. The first-order valence-electron chi connectivity index (χ1n) is 6.87. The molecule has 2 aliphatic rings. The molecule has 21 heavy (non-hydrogen) atoms. The van der Waals surface area contributed by atoms with Crippen molar-refractivity contribution in [2.75, 3.05) is 13.2 Å². The third-order valence-corrected chi connectivity index (χ3v) is 5.03. The fraction of sp³-hybridized carbons (Fsp3) is 0.600. The fourth-order valence-corrected chi connectivity index (χ4v) is 3.66. The molecule has 0 amide bonds. The monoisotopic (exact) mass is 296 g/mol. The zero-order chi connectivity index (χ0) is 15.7. The first-order chi connectivity index (χ1) is 9.94. The van der Waals surface area contributed by atoms with E-state index in [1.165, 1.54) is 0 Å². The van der Waals surface area contributed by atoms with Gasteiger partial charge in [0.05, 0.1) is 18.6 Å². The number of hydrogen-bond donors (Lipinski definition) is 2. The van der Waals surface area contributed by atoms with Gasteiger partial charge in [-0.3, -0.25) is 0 Å². The molecule has 0 saturated heterocycles. The number of carbonyl (C=O) groups is 2. The minimum absolute atomic E-state index is 0.264. The number of hydrogen-bond acceptors (Lipinski definition) is 6. The quantitative estimate of drug-likeness (QED) is 0.425. The molecule has 0 radical (unpaired) electrons. The van der Waals surface area contributed by atoms with Crippen LogP contribution in [0.15, 0.2) is 25.3 Å². The SMILES string of the molecule is C=CC(=O)OC1(OC(=O)C=C)CC2(CCC2)C1(CO)CO. The second kappa shape index (κ2) is 5.27. The summed E-state index contributed by atoms with van der Waals surface area (Å²) in [5.74, 6) is -3.22. The van der Waals surface area contributed by atoms with Crippen LogP contribution in [0.4, 0.5) is 0 Å². The Hall–Kier alpha value is -1.66. The van der Waals surface area contributed by atoms with Gasteiger partial charge in [0.15, 0.2) is 0 Å². The number of aliphatic hydroxyl groups excluding tert-OH is 2. The number of rotatable bonds is 6. The Morgan fingerprint density at radius 1 is 1.05 bits per heavy atom. The number of carbonyl (C=O) groups excluding carboxylic acids is 2. The van der Waals surface area contributed by atoms with Gasteiger partial charge in [0, 0.05) is 18.6 Å². The van der Waals surface area contributed by atoms with Crippen molar-refractivity contribution < 1.29 is 29.3 Å². The van der Waals surface area contributed by atoms with Gasteiger partial charge >= 0.3 is 11.9 Å². The summed E-state index contributed by atoms with van der Waals surface area (Å²) < 4.78 is 10.5. The average molecular weight is 296 g/mol. The number of ether oxygens (including phenoxy) is 2. The van der Waals surface area contributed by atoms with E-state index in [0.29, 0.717) is 0 Å². The highest BCUT2D eigenvalue weighted by atomic mass is 16.7. The molecule has 1 spiro atoms. The highest BCUT2D eigenvalue weighted by molar-refractivity contribution is 5.84. The highest BCUT2D eigenvalue weighted by Crippen LogP contribution is 2.72. The molecule has 2 aliphatic carbocycles. The molecule has 0 aromatic rings. The second-order valence-corrected chi connectivity index (χ2v) is 5.71. The van der Waals surface area contributed by atoms with Crippen LogP contribution in [0, 0.1) is 10.8 Å². The predicted octanol–water partition coefficient (Wildman–Crippen LogP) is 0.686. The molecular formula is C15H20O6. The predicted molar refractivity (Wildman–Crippen MR) is 72.8 cm³/mol. The van der Waals surface area contributed by atoms with Crippen molar-refractivity contribution >= 4 is 11.9 Å². The van der Waals surface area contributed by atoms with E-state index in [1.54, 1.807) is 0 Å². The van der Waals surface area contributed by atoms with Gasteiger partial charge in [-0.1, -0.05) is 19.6 Å². The lowest BCUT2D eigenvalue weighted by atomic mass is 9.38. The van der Waals surface area contributed by atoms with Gasteiger partial charge in [-0.2, -0.15) is 0 Å². The fourth-order valence-electron chi connectivity index (χ4n) is 3.66. The molecule has 6 nitrogen and oxygen atoms in total. The number of aliphatic hydroxyl groups is 2. The van der Waals surface area contributed by atoms with Gasteiger partial charge in [0.25, 0.3) is 5.79 Å².